The van der Waals surface area contributed by atoms with Gasteiger partial charge in [-0.1, -0.05) is 25.0 Å². The van der Waals surface area contributed by atoms with E-state index in [4.69, 9.17) is 4.74 Å². The minimum atomic E-state index is -0.165. The molecule has 2 heterocycles. The van der Waals surface area contributed by atoms with Crippen LogP contribution in [0.15, 0.2) is 24.3 Å². The van der Waals surface area contributed by atoms with Crippen LogP contribution in [0.4, 0.5) is 0 Å². The van der Waals surface area contributed by atoms with E-state index in [1.165, 1.54) is 5.56 Å². The molecule has 0 radical (unpaired) electrons. The summed E-state index contributed by atoms with van der Waals surface area (Å²) in [6.07, 6.45) is 6.93. The van der Waals surface area contributed by atoms with E-state index in [2.05, 4.69) is 17.0 Å². The maximum Gasteiger partial charge on any atom is 0.228 e. The number of ether oxygens (including phenoxy) is 1. The average molecular weight is 356 g/mol. The summed E-state index contributed by atoms with van der Waals surface area (Å²) < 4.78 is 5.27. The Bertz CT molecular complexity index is 668. The van der Waals surface area contributed by atoms with Crippen molar-refractivity contribution in [2.24, 2.45) is 5.92 Å². The highest BCUT2D eigenvalue weighted by molar-refractivity contribution is 5.89. The molecule has 5 nitrogen and oxygen atoms in total. The van der Waals surface area contributed by atoms with E-state index in [1.807, 2.05) is 17.0 Å². The molecule has 0 unspecified atom stereocenters. The molecule has 2 saturated heterocycles. The summed E-state index contributed by atoms with van der Waals surface area (Å²) in [7, 11) is 1.67. The standard InChI is InChI=1S/C21H28N2O3/c1-26-18-10-6-15(7-11-18)19-5-3-2-4-12-22(19)21(25)16-13-20(24)23(14-16)17-8-9-17/h6-7,10-11,16-17,19H,2-5,8-9,12-14H2,1H3/t16-,19+/m1/s1. The van der Waals surface area contributed by atoms with Gasteiger partial charge in [0, 0.05) is 25.6 Å². The lowest BCUT2D eigenvalue weighted by Gasteiger charge is -2.32. The molecular weight excluding hydrogens is 328 g/mol. The molecule has 1 aliphatic carbocycles. The topological polar surface area (TPSA) is 49.9 Å². The maximum atomic E-state index is 13.3. The third kappa shape index (κ3) is 3.44. The number of methoxy groups -OCH3 is 1. The van der Waals surface area contributed by atoms with E-state index in [0.717, 1.165) is 50.8 Å². The van der Waals surface area contributed by atoms with Gasteiger partial charge in [-0.2, -0.15) is 0 Å². The molecule has 2 atom stereocenters. The van der Waals surface area contributed by atoms with Crippen LogP contribution in [0.3, 0.4) is 0 Å². The van der Waals surface area contributed by atoms with Crippen LogP contribution in [0.2, 0.25) is 0 Å². The fourth-order valence-electron chi connectivity index (χ4n) is 4.42. The van der Waals surface area contributed by atoms with Crippen molar-refractivity contribution in [1.82, 2.24) is 9.80 Å². The second kappa shape index (κ2) is 7.29. The molecule has 26 heavy (non-hydrogen) atoms. The Morgan fingerprint density at radius 2 is 1.85 bits per heavy atom. The maximum absolute atomic E-state index is 13.3. The quantitative estimate of drug-likeness (QED) is 0.833. The van der Waals surface area contributed by atoms with Crippen molar-refractivity contribution in [3.63, 3.8) is 0 Å². The van der Waals surface area contributed by atoms with Crippen LogP contribution in [0.1, 0.15) is 56.6 Å². The van der Waals surface area contributed by atoms with Crippen LogP contribution >= 0.6 is 0 Å². The highest BCUT2D eigenvalue weighted by Gasteiger charge is 2.43. The molecule has 0 spiro atoms. The van der Waals surface area contributed by atoms with Crippen molar-refractivity contribution < 1.29 is 14.3 Å². The SMILES string of the molecule is COc1ccc([C@@H]2CCCCCN2C(=O)[C@@H]2CC(=O)N(C3CC3)C2)cc1. The van der Waals surface area contributed by atoms with Gasteiger partial charge in [0.1, 0.15) is 5.75 Å². The molecule has 1 aromatic rings. The van der Waals surface area contributed by atoms with Gasteiger partial charge in [-0.05, 0) is 43.4 Å². The highest BCUT2D eigenvalue weighted by Crippen LogP contribution is 2.36. The van der Waals surface area contributed by atoms with Gasteiger partial charge >= 0.3 is 0 Å². The van der Waals surface area contributed by atoms with Gasteiger partial charge in [-0.25, -0.2) is 0 Å². The van der Waals surface area contributed by atoms with Crippen molar-refractivity contribution in [3.8, 4) is 5.75 Å². The van der Waals surface area contributed by atoms with Gasteiger partial charge in [-0.3, -0.25) is 9.59 Å². The Labute approximate surface area is 155 Å². The zero-order valence-corrected chi connectivity index (χ0v) is 15.5. The highest BCUT2D eigenvalue weighted by atomic mass is 16.5. The lowest BCUT2D eigenvalue weighted by atomic mass is 9.98. The summed E-state index contributed by atoms with van der Waals surface area (Å²) in [6.45, 7) is 1.41. The largest absolute Gasteiger partial charge is 0.497 e. The molecule has 1 saturated carbocycles. The number of rotatable bonds is 4. The van der Waals surface area contributed by atoms with E-state index in [1.54, 1.807) is 7.11 Å². The fraction of sp³-hybridized carbons (Fsp3) is 0.619. The molecule has 0 N–H and O–H groups in total. The second-order valence-corrected chi connectivity index (χ2v) is 7.85. The predicted octanol–water partition coefficient (Wildman–Crippen LogP) is 3.15. The van der Waals surface area contributed by atoms with Crippen molar-refractivity contribution >= 4 is 11.8 Å². The summed E-state index contributed by atoms with van der Waals surface area (Å²) >= 11 is 0. The van der Waals surface area contributed by atoms with Gasteiger partial charge in [0.2, 0.25) is 11.8 Å². The number of carbonyl (C=O) groups excluding carboxylic acids is 2. The summed E-state index contributed by atoms with van der Waals surface area (Å²) in [5, 5.41) is 0. The van der Waals surface area contributed by atoms with Gasteiger partial charge in [-0.15, -0.1) is 0 Å². The van der Waals surface area contributed by atoms with Crippen molar-refractivity contribution in [3.05, 3.63) is 29.8 Å². The Kier molecular flexibility index (Phi) is 4.88. The number of amides is 2. The monoisotopic (exact) mass is 356 g/mol. The molecule has 4 rings (SSSR count). The third-order valence-electron chi connectivity index (χ3n) is 6.03. The van der Waals surface area contributed by atoms with Crippen LogP contribution in [0.25, 0.3) is 0 Å². The number of likely N-dealkylation sites (tertiary alicyclic amines) is 2. The van der Waals surface area contributed by atoms with Gasteiger partial charge in [0.05, 0.1) is 19.1 Å². The molecule has 140 valence electrons. The molecule has 2 aliphatic heterocycles. The summed E-state index contributed by atoms with van der Waals surface area (Å²) in [6, 6.07) is 8.60. The number of nitrogens with zero attached hydrogens (tertiary/aromatic N) is 2. The van der Waals surface area contributed by atoms with Crippen LogP contribution in [-0.2, 0) is 9.59 Å². The molecule has 2 amide bonds. The number of carbonyl (C=O) groups is 2. The molecule has 3 fully saturated rings. The first kappa shape index (κ1) is 17.4. The Morgan fingerprint density at radius 3 is 2.54 bits per heavy atom. The summed E-state index contributed by atoms with van der Waals surface area (Å²) in [4.78, 5) is 29.6. The zero-order valence-electron chi connectivity index (χ0n) is 15.5. The fourth-order valence-corrected chi connectivity index (χ4v) is 4.42. The Morgan fingerprint density at radius 1 is 1.08 bits per heavy atom. The molecule has 1 aromatic carbocycles. The minimum absolute atomic E-state index is 0.112. The molecule has 0 bridgehead atoms. The summed E-state index contributed by atoms with van der Waals surface area (Å²) in [5.74, 6) is 1.01. The van der Waals surface area contributed by atoms with E-state index in [-0.39, 0.29) is 23.8 Å². The van der Waals surface area contributed by atoms with Crippen LogP contribution in [-0.4, -0.2) is 47.9 Å². The van der Waals surface area contributed by atoms with E-state index in [0.29, 0.717) is 19.0 Å². The number of hydrogen-bond acceptors (Lipinski definition) is 3. The first-order valence-corrected chi connectivity index (χ1v) is 9.91. The van der Waals surface area contributed by atoms with Crippen molar-refractivity contribution in [2.75, 3.05) is 20.2 Å². The molecule has 0 aromatic heterocycles. The second-order valence-electron chi connectivity index (χ2n) is 7.85. The Balaban J connectivity index is 1.52. The van der Waals surface area contributed by atoms with Crippen LogP contribution in [0, 0.1) is 5.92 Å². The van der Waals surface area contributed by atoms with Crippen molar-refractivity contribution in [2.45, 2.75) is 57.0 Å². The van der Waals surface area contributed by atoms with E-state index < -0.39 is 0 Å². The van der Waals surface area contributed by atoms with Gasteiger partial charge in [0.25, 0.3) is 0 Å². The van der Waals surface area contributed by atoms with E-state index >= 15 is 0 Å². The minimum Gasteiger partial charge on any atom is -0.497 e. The molecular formula is C21H28N2O3. The number of benzene rings is 1. The van der Waals surface area contributed by atoms with Gasteiger partial charge < -0.3 is 14.5 Å². The number of hydrogen-bond donors (Lipinski definition) is 0. The summed E-state index contributed by atoms with van der Waals surface area (Å²) in [5.41, 5.74) is 1.17. The first-order valence-electron chi connectivity index (χ1n) is 9.91. The van der Waals surface area contributed by atoms with Crippen LogP contribution < -0.4 is 4.74 Å². The smallest absolute Gasteiger partial charge is 0.228 e. The first-order chi connectivity index (χ1) is 12.7. The molecule has 5 heteroatoms. The lowest BCUT2D eigenvalue weighted by molar-refractivity contribution is -0.138. The molecule has 3 aliphatic rings. The zero-order chi connectivity index (χ0) is 18.1. The lowest BCUT2D eigenvalue weighted by Crippen LogP contribution is -2.40. The average Bonchev–Trinajstić information content (AvgIpc) is 3.47. The van der Waals surface area contributed by atoms with E-state index in [9.17, 15) is 9.59 Å². The van der Waals surface area contributed by atoms with Gasteiger partial charge in [0.15, 0.2) is 0 Å². The normalized spacial score (nSPS) is 26.7. The predicted molar refractivity (Wildman–Crippen MR) is 98.8 cm³/mol. The van der Waals surface area contributed by atoms with Crippen molar-refractivity contribution in [1.29, 1.82) is 0 Å². The Hall–Kier alpha value is -2.04. The van der Waals surface area contributed by atoms with Crippen LogP contribution in [0.5, 0.6) is 5.75 Å². The third-order valence-corrected chi connectivity index (χ3v) is 6.03.